The van der Waals surface area contributed by atoms with E-state index < -0.39 is 9.84 Å². The summed E-state index contributed by atoms with van der Waals surface area (Å²) in [5, 5.41) is 6.11. The highest BCUT2D eigenvalue weighted by molar-refractivity contribution is 7.91. The lowest BCUT2D eigenvalue weighted by Gasteiger charge is -2.25. The minimum absolute atomic E-state index is 0.0424. The third-order valence-electron chi connectivity index (χ3n) is 2.87. The van der Waals surface area contributed by atoms with E-state index in [0.29, 0.717) is 13.0 Å². The Hall–Kier alpha value is -1.44. The molecule has 2 rings (SSSR count). The predicted octanol–water partition coefficient (Wildman–Crippen LogP) is -0.546. The van der Waals surface area contributed by atoms with E-state index in [1.807, 2.05) is 6.92 Å². The monoisotopic (exact) mass is 258 g/mol. The van der Waals surface area contributed by atoms with Crippen LogP contribution < -0.4 is 0 Å². The van der Waals surface area contributed by atoms with Crippen molar-refractivity contribution < 1.29 is 13.2 Å². The molecule has 1 aliphatic rings. The van der Waals surface area contributed by atoms with Crippen LogP contribution in [-0.2, 0) is 9.84 Å². The lowest BCUT2D eigenvalue weighted by molar-refractivity contribution is 0.0696. The SMILES string of the molecule is CCN(C(=O)c1ncn[nH]1)C1CCS(=O)(=O)C1. The second kappa shape index (κ2) is 4.44. The Morgan fingerprint density at radius 2 is 2.41 bits per heavy atom. The molecule has 7 nitrogen and oxygen atoms in total. The molecular weight excluding hydrogens is 244 g/mol. The summed E-state index contributed by atoms with van der Waals surface area (Å²) in [5.74, 6) is 0.0433. The van der Waals surface area contributed by atoms with Crippen LogP contribution >= 0.6 is 0 Å². The van der Waals surface area contributed by atoms with E-state index in [1.54, 1.807) is 0 Å². The molecule has 1 N–H and O–H groups in total. The molecule has 0 aromatic carbocycles. The van der Waals surface area contributed by atoms with Gasteiger partial charge in [-0.15, -0.1) is 0 Å². The molecule has 0 saturated carbocycles. The molecule has 2 heterocycles. The van der Waals surface area contributed by atoms with Gasteiger partial charge in [-0.05, 0) is 13.3 Å². The largest absolute Gasteiger partial charge is 0.332 e. The number of rotatable bonds is 3. The molecule has 94 valence electrons. The number of sulfone groups is 1. The van der Waals surface area contributed by atoms with Crippen molar-refractivity contribution in [3.63, 3.8) is 0 Å². The van der Waals surface area contributed by atoms with Crippen LogP contribution in [0.5, 0.6) is 0 Å². The molecule has 1 atom stereocenters. The van der Waals surface area contributed by atoms with Crippen LogP contribution in [0.4, 0.5) is 0 Å². The van der Waals surface area contributed by atoms with Crippen LogP contribution in [0.3, 0.4) is 0 Å². The number of hydrogen-bond acceptors (Lipinski definition) is 5. The summed E-state index contributed by atoms with van der Waals surface area (Å²) in [7, 11) is -2.99. The van der Waals surface area contributed by atoms with Gasteiger partial charge in [0, 0.05) is 12.6 Å². The molecule has 0 bridgehead atoms. The maximum atomic E-state index is 12.0. The lowest BCUT2D eigenvalue weighted by atomic mass is 10.2. The van der Waals surface area contributed by atoms with Crippen LogP contribution in [0.1, 0.15) is 24.0 Å². The summed E-state index contributed by atoms with van der Waals surface area (Å²) in [4.78, 5) is 17.4. The van der Waals surface area contributed by atoms with Gasteiger partial charge < -0.3 is 4.90 Å². The summed E-state index contributed by atoms with van der Waals surface area (Å²) in [6.07, 6.45) is 1.75. The maximum Gasteiger partial charge on any atom is 0.291 e. The quantitative estimate of drug-likeness (QED) is 0.785. The van der Waals surface area contributed by atoms with Crippen LogP contribution in [0, 0.1) is 0 Å². The van der Waals surface area contributed by atoms with Gasteiger partial charge >= 0.3 is 0 Å². The highest BCUT2D eigenvalue weighted by atomic mass is 32.2. The van der Waals surface area contributed by atoms with Crippen molar-refractivity contribution >= 4 is 15.7 Å². The number of aromatic nitrogens is 3. The highest BCUT2D eigenvalue weighted by Gasteiger charge is 2.34. The molecule has 1 aromatic heterocycles. The van der Waals surface area contributed by atoms with Gasteiger partial charge in [-0.3, -0.25) is 9.89 Å². The molecule has 1 aliphatic heterocycles. The Labute approximate surface area is 99.1 Å². The van der Waals surface area contributed by atoms with Gasteiger partial charge in [0.2, 0.25) is 5.82 Å². The van der Waals surface area contributed by atoms with E-state index in [9.17, 15) is 13.2 Å². The van der Waals surface area contributed by atoms with Gasteiger partial charge in [-0.1, -0.05) is 0 Å². The van der Waals surface area contributed by atoms with E-state index in [0.717, 1.165) is 0 Å². The first-order valence-electron chi connectivity index (χ1n) is 5.40. The molecule has 0 radical (unpaired) electrons. The molecule has 8 heteroatoms. The van der Waals surface area contributed by atoms with Gasteiger partial charge in [-0.25, -0.2) is 13.4 Å². The Morgan fingerprint density at radius 3 is 2.88 bits per heavy atom. The van der Waals surface area contributed by atoms with Crippen molar-refractivity contribution in [1.82, 2.24) is 20.1 Å². The van der Waals surface area contributed by atoms with Crippen molar-refractivity contribution in [3.05, 3.63) is 12.2 Å². The second-order valence-corrected chi connectivity index (χ2v) is 6.21. The predicted molar refractivity (Wildman–Crippen MR) is 60.2 cm³/mol. The van der Waals surface area contributed by atoms with Crippen molar-refractivity contribution in [3.8, 4) is 0 Å². The Kier molecular flexibility index (Phi) is 3.14. The summed E-state index contributed by atoms with van der Waals surface area (Å²) in [6, 6.07) is -0.248. The summed E-state index contributed by atoms with van der Waals surface area (Å²) >= 11 is 0. The van der Waals surface area contributed by atoms with E-state index in [1.165, 1.54) is 11.2 Å². The number of carbonyl (C=O) groups is 1. The van der Waals surface area contributed by atoms with Gasteiger partial charge in [0.25, 0.3) is 5.91 Å². The molecule has 1 amide bonds. The molecule has 0 aliphatic carbocycles. The zero-order valence-electron chi connectivity index (χ0n) is 9.46. The average Bonchev–Trinajstić information content (AvgIpc) is 2.88. The highest BCUT2D eigenvalue weighted by Crippen LogP contribution is 2.18. The smallest absolute Gasteiger partial charge is 0.291 e. The normalized spacial score (nSPS) is 22.5. The number of H-pyrrole nitrogens is 1. The average molecular weight is 258 g/mol. The molecule has 1 aromatic rings. The number of hydrogen-bond donors (Lipinski definition) is 1. The zero-order chi connectivity index (χ0) is 12.5. The first-order valence-corrected chi connectivity index (χ1v) is 7.22. The molecule has 0 spiro atoms. The summed E-state index contributed by atoms with van der Waals surface area (Å²) in [5.41, 5.74) is 0. The fourth-order valence-electron chi connectivity index (χ4n) is 2.03. The molecule has 1 unspecified atom stereocenters. The van der Waals surface area contributed by atoms with Crippen molar-refractivity contribution in [2.45, 2.75) is 19.4 Å². The number of carbonyl (C=O) groups excluding carboxylic acids is 1. The summed E-state index contributed by atoms with van der Waals surface area (Å²) in [6.45, 7) is 2.28. The fourth-order valence-corrected chi connectivity index (χ4v) is 3.76. The minimum atomic E-state index is -2.99. The van der Waals surface area contributed by atoms with E-state index >= 15 is 0 Å². The van der Waals surface area contributed by atoms with Gasteiger partial charge in [0.1, 0.15) is 6.33 Å². The van der Waals surface area contributed by atoms with Crippen LogP contribution in [0.25, 0.3) is 0 Å². The second-order valence-electron chi connectivity index (χ2n) is 3.98. The number of nitrogens with one attached hydrogen (secondary N) is 1. The van der Waals surface area contributed by atoms with Crippen LogP contribution in [0.15, 0.2) is 6.33 Å². The fraction of sp³-hybridized carbons (Fsp3) is 0.667. The zero-order valence-corrected chi connectivity index (χ0v) is 10.3. The van der Waals surface area contributed by atoms with Crippen LogP contribution in [0.2, 0.25) is 0 Å². The van der Waals surface area contributed by atoms with Gasteiger partial charge in [-0.2, -0.15) is 5.10 Å². The summed E-state index contributed by atoms with van der Waals surface area (Å²) < 4.78 is 22.8. The van der Waals surface area contributed by atoms with Crippen molar-refractivity contribution in [2.75, 3.05) is 18.1 Å². The third kappa shape index (κ3) is 2.46. The number of aromatic amines is 1. The van der Waals surface area contributed by atoms with Gasteiger partial charge in [0.05, 0.1) is 11.5 Å². The van der Waals surface area contributed by atoms with E-state index in [4.69, 9.17) is 0 Å². The van der Waals surface area contributed by atoms with Crippen molar-refractivity contribution in [2.24, 2.45) is 0 Å². The molecule has 1 saturated heterocycles. The molecule has 17 heavy (non-hydrogen) atoms. The third-order valence-corrected chi connectivity index (χ3v) is 4.62. The minimum Gasteiger partial charge on any atom is -0.332 e. The first kappa shape index (κ1) is 12.0. The Bertz CT molecular complexity index is 496. The maximum absolute atomic E-state index is 12.0. The molecule has 1 fully saturated rings. The Balaban J connectivity index is 2.15. The number of nitrogens with zero attached hydrogens (tertiary/aromatic N) is 3. The standard InChI is InChI=1S/C9H14N4O3S/c1-2-13(7-3-4-17(15,16)5-7)9(14)8-10-6-11-12-8/h6-7H,2-5H2,1H3,(H,10,11,12). The van der Waals surface area contributed by atoms with E-state index in [2.05, 4.69) is 15.2 Å². The van der Waals surface area contributed by atoms with Crippen molar-refractivity contribution in [1.29, 1.82) is 0 Å². The lowest BCUT2D eigenvalue weighted by Crippen LogP contribution is -2.41. The first-order chi connectivity index (χ1) is 8.03. The van der Waals surface area contributed by atoms with E-state index in [-0.39, 0.29) is 29.3 Å². The van der Waals surface area contributed by atoms with Crippen LogP contribution in [-0.4, -0.2) is 58.5 Å². The van der Waals surface area contributed by atoms with Gasteiger partial charge in [0.15, 0.2) is 9.84 Å². The topological polar surface area (TPSA) is 96.0 Å². The Morgan fingerprint density at radius 1 is 1.65 bits per heavy atom. The number of amides is 1. The molecular formula is C9H14N4O3S.